The quantitative estimate of drug-likeness (QED) is 0.838. The zero-order chi connectivity index (χ0) is 12.5. The number of benzene rings is 1. The molecule has 1 atom stereocenters. The Balaban J connectivity index is 1.99. The number of carbonyl (C=O) groups excluding carboxylic acids is 1. The van der Waals surface area contributed by atoms with Crippen LogP contribution in [0.4, 0.5) is 0 Å². The Labute approximate surface area is 115 Å². The van der Waals surface area contributed by atoms with E-state index in [1.54, 1.807) is 11.3 Å². The lowest BCUT2D eigenvalue weighted by molar-refractivity contribution is 0.0946. The first kappa shape index (κ1) is 11.8. The van der Waals surface area contributed by atoms with Crippen LogP contribution in [0.1, 0.15) is 31.7 Å². The molecule has 0 aliphatic carbocycles. The van der Waals surface area contributed by atoms with Crippen molar-refractivity contribution in [2.75, 3.05) is 6.54 Å². The molecule has 1 N–H and O–H groups in total. The van der Waals surface area contributed by atoms with E-state index in [9.17, 15) is 4.79 Å². The Morgan fingerprint density at radius 2 is 2.22 bits per heavy atom. The highest BCUT2D eigenvalue weighted by molar-refractivity contribution is 7.10. The van der Waals surface area contributed by atoms with Crippen LogP contribution >= 0.6 is 22.9 Å². The smallest absolute Gasteiger partial charge is 0.251 e. The molecule has 0 spiro atoms. The summed E-state index contributed by atoms with van der Waals surface area (Å²) in [6, 6.07) is 9.96. The number of fused-ring (bicyclic) bond motifs is 1. The van der Waals surface area contributed by atoms with E-state index in [0.29, 0.717) is 0 Å². The fourth-order valence-electron chi connectivity index (χ4n) is 2.19. The molecule has 1 amide bonds. The molecule has 0 saturated heterocycles. The van der Waals surface area contributed by atoms with Crippen molar-refractivity contribution >= 4 is 28.8 Å². The minimum absolute atomic E-state index is 0.00754. The number of rotatable bonds is 2. The van der Waals surface area contributed by atoms with E-state index in [2.05, 4.69) is 5.32 Å². The van der Waals surface area contributed by atoms with E-state index in [1.807, 2.05) is 35.7 Å². The van der Waals surface area contributed by atoms with Crippen molar-refractivity contribution in [2.24, 2.45) is 0 Å². The molecular formula is C14H12ClNOS. The molecule has 1 aromatic heterocycles. The van der Waals surface area contributed by atoms with Crippen LogP contribution in [0, 0.1) is 0 Å². The second-order valence-corrected chi connectivity index (χ2v) is 5.72. The van der Waals surface area contributed by atoms with Crippen molar-refractivity contribution in [1.29, 1.82) is 0 Å². The highest BCUT2D eigenvalue weighted by atomic mass is 35.5. The second-order valence-electron chi connectivity index (χ2n) is 4.30. The first-order valence-corrected chi connectivity index (χ1v) is 7.16. The van der Waals surface area contributed by atoms with Crippen LogP contribution in [0.2, 0.25) is 0 Å². The van der Waals surface area contributed by atoms with Crippen molar-refractivity contribution in [3.8, 4) is 0 Å². The van der Waals surface area contributed by atoms with Crippen LogP contribution in [0.5, 0.6) is 0 Å². The summed E-state index contributed by atoms with van der Waals surface area (Å²) in [5, 5.41) is 4.69. The van der Waals surface area contributed by atoms with Crippen molar-refractivity contribution in [1.82, 2.24) is 5.32 Å². The standard InChI is InChI=1S/C14H12ClNOS/c15-13(12-2-1-7-18-12)10-4-3-9-5-6-16-14(17)11(9)8-10/h1-4,7-8,13H,5-6H2,(H,16,17). The van der Waals surface area contributed by atoms with Crippen LogP contribution in [-0.4, -0.2) is 12.5 Å². The average Bonchev–Trinajstić information content (AvgIpc) is 2.92. The third-order valence-electron chi connectivity index (χ3n) is 3.14. The van der Waals surface area contributed by atoms with Crippen molar-refractivity contribution in [3.05, 3.63) is 57.3 Å². The van der Waals surface area contributed by atoms with Gasteiger partial charge in [-0.1, -0.05) is 18.2 Å². The predicted octanol–water partition coefficient (Wildman–Crippen LogP) is 3.36. The van der Waals surface area contributed by atoms with Gasteiger partial charge < -0.3 is 5.32 Å². The lowest BCUT2D eigenvalue weighted by Gasteiger charge is -2.18. The Morgan fingerprint density at radius 1 is 1.33 bits per heavy atom. The predicted molar refractivity (Wildman–Crippen MR) is 74.5 cm³/mol. The number of carbonyl (C=O) groups is 1. The molecule has 0 fully saturated rings. The SMILES string of the molecule is O=C1NCCc2ccc(C(Cl)c3cccs3)cc21. The van der Waals surface area contributed by atoms with Crippen molar-refractivity contribution in [2.45, 2.75) is 11.8 Å². The normalized spacial score (nSPS) is 15.9. The summed E-state index contributed by atoms with van der Waals surface area (Å²) < 4.78 is 0. The molecule has 3 rings (SSSR count). The summed E-state index contributed by atoms with van der Waals surface area (Å²) in [6.07, 6.45) is 0.896. The molecule has 1 aromatic carbocycles. The Bertz CT molecular complexity index is 579. The highest BCUT2D eigenvalue weighted by Gasteiger charge is 2.19. The number of halogens is 1. The number of hydrogen-bond acceptors (Lipinski definition) is 2. The van der Waals surface area contributed by atoms with Gasteiger partial charge in [0.05, 0.1) is 5.38 Å². The van der Waals surface area contributed by atoms with E-state index in [4.69, 9.17) is 11.6 Å². The van der Waals surface area contributed by atoms with Crippen LogP contribution in [0.3, 0.4) is 0 Å². The van der Waals surface area contributed by atoms with Gasteiger partial charge in [0, 0.05) is 17.0 Å². The van der Waals surface area contributed by atoms with Gasteiger partial charge >= 0.3 is 0 Å². The van der Waals surface area contributed by atoms with E-state index in [0.717, 1.165) is 34.5 Å². The molecule has 2 nitrogen and oxygen atoms in total. The highest BCUT2D eigenvalue weighted by Crippen LogP contribution is 2.33. The molecule has 4 heteroatoms. The van der Waals surface area contributed by atoms with Gasteiger partial charge in [0.25, 0.3) is 5.91 Å². The lowest BCUT2D eigenvalue weighted by Crippen LogP contribution is -2.31. The molecule has 2 heterocycles. The zero-order valence-electron chi connectivity index (χ0n) is 9.65. The fraction of sp³-hybridized carbons (Fsp3) is 0.214. The largest absolute Gasteiger partial charge is 0.352 e. The number of alkyl halides is 1. The molecule has 0 radical (unpaired) electrons. The molecule has 1 aliphatic rings. The third kappa shape index (κ3) is 2.04. The zero-order valence-corrected chi connectivity index (χ0v) is 11.2. The van der Waals surface area contributed by atoms with Crippen LogP contribution < -0.4 is 5.32 Å². The van der Waals surface area contributed by atoms with Gasteiger partial charge in [-0.15, -0.1) is 22.9 Å². The summed E-state index contributed by atoms with van der Waals surface area (Å²) in [4.78, 5) is 12.9. The fourth-order valence-corrected chi connectivity index (χ4v) is 3.28. The Hall–Kier alpha value is -1.32. The summed E-state index contributed by atoms with van der Waals surface area (Å²) in [5.41, 5.74) is 2.86. The van der Waals surface area contributed by atoms with Gasteiger partial charge in [-0.3, -0.25) is 4.79 Å². The first-order valence-electron chi connectivity index (χ1n) is 5.84. The molecule has 2 aromatic rings. The third-order valence-corrected chi connectivity index (χ3v) is 4.70. The Kier molecular flexibility index (Phi) is 3.10. The molecule has 1 aliphatic heterocycles. The molecular weight excluding hydrogens is 266 g/mol. The summed E-state index contributed by atoms with van der Waals surface area (Å²) >= 11 is 8.07. The monoisotopic (exact) mass is 277 g/mol. The Morgan fingerprint density at radius 3 is 3.00 bits per heavy atom. The van der Waals surface area contributed by atoms with E-state index >= 15 is 0 Å². The molecule has 92 valence electrons. The van der Waals surface area contributed by atoms with E-state index < -0.39 is 0 Å². The maximum Gasteiger partial charge on any atom is 0.251 e. The van der Waals surface area contributed by atoms with Gasteiger partial charge in [-0.2, -0.15) is 0 Å². The average molecular weight is 278 g/mol. The first-order chi connectivity index (χ1) is 8.75. The van der Waals surface area contributed by atoms with Crippen molar-refractivity contribution < 1.29 is 4.79 Å². The number of nitrogens with one attached hydrogen (secondary N) is 1. The summed E-state index contributed by atoms with van der Waals surface area (Å²) in [6.45, 7) is 0.723. The number of amides is 1. The van der Waals surface area contributed by atoms with E-state index in [1.165, 1.54) is 0 Å². The van der Waals surface area contributed by atoms with Gasteiger partial charge in [0.15, 0.2) is 0 Å². The van der Waals surface area contributed by atoms with Gasteiger partial charge in [0.2, 0.25) is 0 Å². The molecule has 18 heavy (non-hydrogen) atoms. The topological polar surface area (TPSA) is 29.1 Å². The van der Waals surface area contributed by atoms with Gasteiger partial charge in [-0.25, -0.2) is 0 Å². The molecule has 0 bridgehead atoms. The number of thiophene rings is 1. The van der Waals surface area contributed by atoms with Crippen LogP contribution in [0.15, 0.2) is 35.7 Å². The minimum atomic E-state index is -0.176. The molecule has 1 unspecified atom stereocenters. The van der Waals surface area contributed by atoms with Crippen LogP contribution in [0.25, 0.3) is 0 Å². The van der Waals surface area contributed by atoms with E-state index in [-0.39, 0.29) is 11.3 Å². The maximum absolute atomic E-state index is 11.8. The summed E-state index contributed by atoms with van der Waals surface area (Å²) in [5.74, 6) is 0.00754. The minimum Gasteiger partial charge on any atom is -0.352 e. The molecule has 0 saturated carbocycles. The number of hydrogen-bond donors (Lipinski definition) is 1. The van der Waals surface area contributed by atoms with Crippen LogP contribution in [-0.2, 0) is 6.42 Å². The lowest BCUT2D eigenvalue weighted by atomic mass is 9.96. The van der Waals surface area contributed by atoms with Crippen molar-refractivity contribution in [3.63, 3.8) is 0 Å². The maximum atomic E-state index is 11.8. The summed E-state index contributed by atoms with van der Waals surface area (Å²) in [7, 11) is 0. The van der Waals surface area contributed by atoms with Gasteiger partial charge in [-0.05, 0) is 35.1 Å². The van der Waals surface area contributed by atoms with Gasteiger partial charge in [0.1, 0.15) is 0 Å². The second kappa shape index (κ2) is 4.75.